The minimum atomic E-state index is -0.810. The van der Waals surface area contributed by atoms with E-state index in [1.165, 1.54) is 19.3 Å². The fraction of sp³-hybridized carbons (Fsp3) is 0.818. The van der Waals surface area contributed by atoms with Crippen LogP contribution in [-0.4, -0.2) is 58.7 Å². The number of nitrogens with zero attached hydrogens (tertiary/aromatic N) is 1. The van der Waals surface area contributed by atoms with Crippen LogP contribution in [0.2, 0.25) is 0 Å². The summed E-state index contributed by atoms with van der Waals surface area (Å²) in [7, 11) is 1.72. The van der Waals surface area contributed by atoms with E-state index in [0.29, 0.717) is 12.6 Å². The molecular weight excluding hydrogens is 474 g/mol. The van der Waals surface area contributed by atoms with Crippen molar-refractivity contribution in [2.45, 2.75) is 131 Å². The number of methoxy groups -OCH3 is 1. The number of ether oxygens (including phenoxy) is 1. The number of aryl methyl sites for hydroxylation is 1. The fourth-order valence-electron chi connectivity index (χ4n) is 5.40. The van der Waals surface area contributed by atoms with E-state index in [1.54, 1.807) is 13.2 Å². The fourth-order valence-corrected chi connectivity index (χ4v) is 5.40. The number of rotatable bonds is 14. The molecule has 38 heavy (non-hydrogen) atoms. The van der Waals surface area contributed by atoms with E-state index >= 15 is 0 Å². The van der Waals surface area contributed by atoms with Gasteiger partial charge in [-0.1, -0.05) is 61.0 Å². The summed E-state index contributed by atoms with van der Waals surface area (Å²) < 4.78 is 5.52. The summed E-state index contributed by atoms with van der Waals surface area (Å²) in [6.07, 6.45) is 7.60. The molecular formula is C33H61NO4. The summed E-state index contributed by atoms with van der Waals surface area (Å²) in [5.41, 5.74) is 0.647. The van der Waals surface area contributed by atoms with Crippen LogP contribution in [0, 0.1) is 24.2 Å². The molecule has 3 N–H and O–H groups in total. The van der Waals surface area contributed by atoms with Crippen molar-refractivity contribution in [3.8, 4) is 11.5 Å². The molecule has 0 bridgehead atoms. The van der Waals surface area contributed by atoms with Gasteiger partial charge in [-0.15, -0.1) is 0 Å². The van der Waals surface area contributed by atoms with Gasteiger partial charge >= 0.3 is 0 Å². The number of hydrogen-bond donors (Lipinski definition) is 3. The maximum absolute atomic E-state index is 11.4. The van der Waals surface area contributed by atoms with Gasteiger partial charge in [0.2, 0.25) is 0 Å². The maximum atomic E-state index is 11.4. The Hall–Kier alpha value is -1.30. The summed E-state index contributed by atoms with van der Waals surface area (Å²) in [6, 6.07) is 3.87. The third kappa shape index (κ3) is 9.41. The van der Waals surface area contributed by atoms with Gasteiger partial charge < -0.3 is 25.0 Å². The molecule has 0 radical (unpaired) electrons. The molecule has 4 atom stereocenters. The van der Waals surface area contributed by atoms with Crippen molar-refractivity contribution >= 4 is 0 Å². The molecule has 0 saturated heterocycles. The lowest BCUT2D eigenvalue weighted by Crippen LogP contribution is -2.49. The van der Waals surface area contributed by atoms with Gasteiger partial charge in [0.25, 0.3) is 0 Å². The van der Waals surface area contributed by atoms with E-state index in [9.17, 15) is 15.3 Å². The van der Waals surface area contributed by atoms with Gasteiger partial charge in [-0.05, 0) is 94.2 Å². The van der Waals surface area contributed by atoms with Crippen LogP contribution in [-0.2, 0) is 10.2 Å². The molecule has 5 heteroatoms. The Kier molecular flexibility index (Phi) is 13.6. The second-order valence-electron chi connectivity index (χ2n) is 13.4. The lowest BCUT2D eigenvalue weighted by atomic mass is 9.68. The van der Waals surface area contributed by atoms with Crippen LogP contribution in [0.4, 0.5) is 0 Å². The van der Waals surface area contributed by atoms with Crippen molar-refractivity contribution in [1.82, 2.24) is 4.90 Å². The van der Waals surface area contributed by atoms with Crippen molar-refractivity contribution in [2.24, 2.45) is 17.3 Å². The summed E-state index contributed by atoms with van der Waals surface area (Å²) in [5, 5.41) is 32.2. The molecule has 1 aliphatic carbocycles. The second kappa shape index (κ2) is 14.9. The van der Waals surface area contributed by atoms with Crippen LogP contribution >= 0.6 is 0 Å². The van der Waals surface area contributed by atoms with Gasteiger partial charge in [-0.3, -0.25) is 0 Å². The third-order valence-electron chi connectivity index (χ3n) is 9.13. The Morgan fingerprint density at radius 3 is 2.08 bits per heavy atom. The highest BCUT2D eigenvalue weighted by molar-refractivity contribution is 5.52. The highest BCUT2D eigenvalue weighted by atomic mass is 16.5. The SMILES string of the molecule is CCC.CCC(C)(CCN(CC1CC1)C(C)CCC(COC)[C@](C)(O)C(C)(C)C)c1c(C)ccc(O)c1O. The average Bonchev–Trinajstić information content (AvgIpc) is 3.65. The Morgan fingerprint density at radius 1 is 1.03 bits per heavy atom. The van der Waals surface area contributed by atoms with Gasteiger partial charge in [0, 0.05) is 31.2 Å². The van der Waals surface area contributed by atoms with Crippen molar-refractivity contribution in [3.05, 3.63) is 23.3 Å². The molecule has 0 spiro atoms. The first kappa shape index (κ1) is 34.7. The average molecular weight is 536 g/mol. The molecule has 3 unspecified atom stereocenters. The van der Waals surface area contributed by atoms with E-state index in [1.807, 2.05) is 19.9 Å². The topological polar surface area (TPSA) is 73.2 Å². The number of phenolic OH excluding ortho intramolecular Hbond substituents is 2. The van der Waals surface area contributed by atoms with Crippen LogP contribution in [0.5, 0.6) is 11.5 Å². The molecule has 5 nitrogen and oxygen atoms in total. The van der Waals surface area contributed by atoms with Crippen molar-refractivity contribution in [3.63, 3.8) is 0 Å². The van der Waals surface area contributed by atoms with E-state index in [2.05, 4.69) is 60.3 Å². The van der Waals surface area contributed by atoms with Crippen molar-refractivity contribution in [1.29, 1.82) is 0 Å². The van der Waals surface area contributed by atoms with E-state index in [-0.39, 0.29) is 28.2 Å². The number of phenols is 2. The van der Waals surface area contributed by atoms with Crippen LogP contribution in [0.3, 0.4) is 0 Å². The lowest BCUT2D eigenvalue weighted by molar-refractivity contribution is -0.111. The van der Waals surface area contributed by atoms with Gasteiger partial charge in [0.05, 0.1) is 12.2 Å². The highest BCUT2D eigenvalue weighted by Gasteiger charge is 2.42. The molecule has 0 aliphatic heterocycles. The zero-order valence-electron chi connectivity index (χ0n) is 26.7. The molecule has 1 aliphatic rings. The van der Waals surface area contributed by atoms with E-state index < -0.39 is 5.60 Å². The highest BCUT2D eigenvalue weighted by Crippen LogP contribution is 2.44. The van der Waals surface area contributed by atoms with Crippen molar-refractivity contribution in [2.75, 3.05) is 26.8 Å². The first-order valence-electron chi connectivity index (χ1n) is 15.1. The van der Waals surface area contributed by atoms with E-state index in [4.69, 9.17) is 4.74 Å². The Morgan fingerprint density at radius 2 is 1.61 bits per heavy atom. The predicted molar refractivity (Wildman–Crippen MR) is 161 cm³/mol. The molecule has 1 saturated carbocycles. The minimum Gasteiger partial charge on any atom is -0.504 e. The molecule has 2 rings (SSSR count). The molecule has 1 aromatic rings. The smallest absolute Gasteiger partial charge is 0.161 e. The zero-order chi connectivity index (χ0) is 29.3. The maximum Gasteiger partial charge on any atom is 0.161 e. The van der Waals surface area contributed by atoms with Crippen LogP contribution in [0.1, 0.15) is 118 Å². The second-order valence-corrected chi connectivity index (χ2v) is 13.4. The largest absolute Gasteiger partial charge is 0.504 e. The van der Waals surface area contributed by atoms with E-state index in [0.717, 1.165) is 55.8 Å². The first-order chi connectivity index (χ1) is 17.6. The molecule has 0 heterocycles. The van der Waals surface area contributed by atoms with Gasteiger partial charge in [0.15, 0.2) is 11.5 Å². The number of benzene rings is 1. The monoisotopic (exact) mass is 535 g/mol. The summed E-state index contributed by atoms with van der Waals surface area (Å²) in [4.78, 5) is 2.62. The van der Waals surface area contributed by atoms with Crippen LogP contribution in [0.15, 0.2) is 12.1 Å². The van der Waals surface area contributed by atoms with Gasteiger partial charge in [-0.25, -0.2) is 0 Å². The normalized spacial score (nSPS) is 18.8. The third-order valence-corrected chi connectivity index (χ3v) is 9.13. The number of hydrogen-bond acceptors (Lipinski definition) is 5. The molecule has 1 aromatic carbocycles. The Bertz CT molecular complexity index is 827. The lowest BCUT2D eigenvalue weighted by Gasteiger charge is -2.44. The minimum absolute atomic E-state index is 0.0305. The molecule has 0 aromatic heterocycles. The van der Waals surface area contributed by atoms with Crippen LogP contribution in [0.25, 0.3) is 0 Å². The molecule has 222 valence electrons. The number of aliphatic hydroxyl groups is 1. The molecule has 0 amide bonds. The Labute approximate surface area is 235 Å². The Balaban J connectivity index is 0.00000229. The van der Waals surface area contributed by atoms with Gasteiger partial charge in [0.1, 0.15) is 0 Å². The quantitative estimate of drug-likeness (QED) is 0.212. The summed E-state index contributed by atoms with van der Waals surface area (Å²) >= 11 is 0. The van der Waals surface area contributed by atoms with Gasteiger partial charge in [-0.2, -0.15) is 0 Å². The summed E-state index contributed by atoms with van der Waals surface area (Å²) in [5.74, 6) is 0.853. The molecule has 1 fully saturated rings. The van der Waals surface area contributed by atoms with Crippen LogP contribution < -0.4 is 0 Å². The first-order valence-corrected chi connectivity index (χ1v) is 15.1. The standard InChI is InChI=1S/C30H53NO4.C3H8/c1-10-29(7,26-21(2)11-16-25(32)27(26)33)17-18-31(19-23-13-14-23)22(3)12-15-24(20-35-9)30(8,34)28(4,5)6;1-3-2/h11,16,22-24,32-34H,10,12-15,17-20H2,1-9H3;3H2,1-2H3/t22?,24?,29?,30-;/m0./s1. The predicted octanol–water partition coefficient (Wildman–Crippen LogP) is 7.82. The summed E-state index contributed by atoms with van der Waals surface area (Å²) in [6.45, 7) is 23.8. The zero-order valence-corrected chi connectivity index (χ0v) is 26.7. The number of aromatic hydroxyl groups is 2. The van der Waals surface area contributed by atoms with Crippen molar-refractivity contribution < 1.29 is 20.1 Å².